The summed E-state index contributed by atoms with van der Waals surface area (Å²) < 4.78 is 5.57. The Morgan fingerprint density at radius 2 is 2.15 bits per heavy atom. The second-order valence-corrected chi connectivity index (χ2v) is 5.39. The van der Waals surface area contributed by atoms with E-state index in [0.717, 1.165) is 16.3 Å². The van der Waals surface area contributed by atoms with Gasteiger partial charge in [0.25, 0.3) is 0 Å². The van der Waals surface area contributed by atoms with Crippen LogP contribution in [0.4, 0.5) is 0 Å². The summed E-state index contributed by atoms with van der Waals surface area (Å²) in [6.45, 7) is 1.33. The third-order valence-corrected chi connectivity index (χ3v) is 3.66. The number of rotatable bonds is 2. The first-order chi connectivity index (χ1) is 9.46. The van der Waals surface area contributed by atoms with Crippen LogP contribution in [-0.4, -0.2) is 22.4 Å². The van der Waals surface area contributed by atoms with E-state index in [1.54, 1.807) is 6.07 Å². The molecule has 0 radical (unpaired) electrons. The summed E-state index contributed by atoms with van der Waals surface area (Å²) >= 11 is 0. The number of hydrogen-bond acceptors (Lipinski definition) is 4. The molecule has 0 fully saturated rings. The van der Waals surface area contributed by atoms with Gasteiger partial charge in [0.1, 0.15) is 5.75 Å². The van der Waals surface area contributed by atoms with Gasteiger partial charge in [-0.2, -0.15) is 0 Å². The Hall–Kier alpha value is -2.14. The van der Waals surface area contributed by atoms with Crippen LogP contribution in [0.1, 0.15) is 24.8 Å². The molecule has 2 atom stereocenters. The Balaban J connectivity index is 2.20. The average molecular weight is 273 g/mol. The van der Waals surface area contributed by atoms with Crippen LogP contribution in [0.2, 0.25) is 0 Å². The Morgan fingerprint density at radius 3 is 2.90 bits per heavy atom. The van der Waals surface area contributed by atoms with Crippen LogP contribution in [0.5, 0.6) is 5.75 Å². The highest BCUT2D eigenvalue weighted by atomic mass is 16.6. The average Bonchev–Trinajstić information content (AvgIpc) is 2.35. The van der Waals surface area contributed by atoms with Gasteiger partial charge in [-0.05, 0) is 16.8 Å². The summed E-state index contributed by atoms with van der Waals surface area (Å²) in [4.78, 5) is 10.6. The Morgan fingerprint density at radius 1 is 1.40 bits per heavy atom. The molecule has 2 aromatic rings. The molecule has 20 heavy (non-hydrogen) atoms. The predicted octanol–water partition coefficient (Wildman–Crippen LogP) is 2.69. The van der Waals surface area contributed by atoms with Crippen LogP contribution in [-0.2, 0) is 0 Å². The summed E-state index contributed by atoms with van der Waals surface area (Å²) in [6, 6.07) is 11.4. The molecule has 1 aliphatic rings. The molecular formula is C15H15NO4. The lowest BCUT2D eigenvalue weighted by Gasteiger charge is -2.35. The molecule has 0 bridgehead atoms. The highest BCUT2D eigenvalue weighted by Crippen LogP contribution is 2.43. The Kier molecular flexibility index (Phi) is 2.87. The summed E-state index contributed by atoms with van der Waals surface area (Å²) in [6.07, 6.45) is 0.217. The molecule has 1 aliphatic heterocycles. The van der Waals surface area contributed by atoms with Crippen molar-refractivity contribution in [2.24, 2.45) is 0 Å². The van der Waals surface area contributed by atoms with Crippen LogP contribution in [0, 0.1) is 10.1 Å². The van der Waals surface area contributed by atoms with Crippen LogP contribution < -0.4 is 4.74 Å². The number of nitrogens with zero attached hydrogens (tertiary/aromatic N) is 1. The van der Waals surface area contributed by atoms with Crippen LogP contribution in [0.3, 0.4) is 0 Å². The zero-order valence-electron chi connectivity index (χ0n) is 11.1. The second-order valence-electron chi connectivity index (χ2n) is 5.39. The fourth-order valence-corrected chi connectivity index (χ4v) is 2.96. The molecule has 3 rings (SSSR count). The summed E-state index contributed by atoms with van der Waals surface area (Å²) in [5.41, 5.74) is 0.825. The topological polar surface area (TPSA) is 72.6 Å². The maximum Gasteiger partial charge on any atom is 0.211 e. The molecule has 0 aliphatic carbocycles. The molecule has 1 heterocycles. The van der Waals surface area contributed by atoms with Gasteiger partial charge in [-0.3, -0.25) is 10.1 Å². The van der Waals surface area contributed by atoms with E-state index in [1.807, 2.05) is 30.3 Å². The van der Waals surface area contributed by atoms with E-state index in [1.165, 1.54) is 6.92 Å². The van der Waals surface area contributed by atoms with Crippen molar-refractivity contribution in [1.29, 1.82) is 0 Å². The number of fused-ring (bicyclic) bond motifs is 3. The lowest BCUT2D eigenvalue weighted by atomic mass is 9.85. The van der Waals surface area contributed by atoms with Crippen LogP contribution >= 0.6 is 0 Å². The first kappa shape index (κ1) is 12.9. The van der Waals surface area contributed by atoms with Crippen molar-refractivity contribution in [3.05, 3.63) is 52.1 Å². The fourth-order valence-electron chi connectivity index (χ4n) is 2.96. The molecule has 0 unspecified atom stereocenters. The van der Waals surface area contributed by atoms with E-state index in [4.69, 9.17) is 4.74 Å². The third kappa shape index (κ3) is 2.20. The van der Waals surface area contributed by atoms with Gasteiger partial charge < -0.3 is 9.84 Å². The summed E-state index contributed by atoms with van der Waals surface area (Å²) in [7, 11) is 0. The SMILES string of the molecule is C[C@@]1(O)C[C@H](C[N+](=O)[O-])c2c(ccc3ccccc23)O1. The van der Waals surface area contributed by atoms with Gasteiger partial charge in [-0.25, -0.2) is 0 Å². The van der Waals surface area contributed by atoms with Gasteiger partial charge in [0.05, 0.1) is 5.92 Å². The van der Waals surface area contributed by atoms with Crippen molar-refractivity contribution in [1.82, 2.24) is 0 Å². The van der Waals surface area contributed by atoms with Crippen molar-refractivity contribution in [3.8, 4) is 5.75 Å². The zero-order valence-corrected chi connectivity index (χ0v) is 11.1. The Labute approximate surface area is 115 Å². The standard InChI is InChI=1S/C15H15NO4/c1-15(17)8-11(9-16(18)19)14-12-5-3-2-4-10(12)6-7-13(14)20-15/h2-7,11,17H,8-9H2,1H3/t11-,15+/m1/s1. The summed E-state index contributed by atoms with van der Waals surface area (Å²) in [5, 5.41) is 23.0. The second kappa shape index (κ2) is 4.45. The quantitative estimate of drug-likeness (QED) is 0.674. The maximum atomic E-state index is 10.9. The largest absolute Gasteiger partial charge is 0.463 e. The van der Waals surface area contributed by atoms with E-state index in [2.05, 4.69) is 0 Å². The van der Waals surface area contributed by atoms with Gasteiger partial charge in [0, 0.05) is 23.8 Å². The number of aliphatic hydroxyl groups is 1. The monoisotopic (exact) mass is 273 g/mol. The van der Waals surface area contributed by atoms with Gasteiger partial charge in [-0.15, -0.1) is 0 Å². The molecule has 0 saturated heterocycles. The highest BCUT2D eigenvalue weighted by molar-refractivity contribution is 5.88. The maximum absolute atomic E-state index is 10.9. The fraction of sp³-hybridized carbons (Fsp3) is 0.333. The normalized spacial score (nSPS) is 25.0. The molecule has 104 valence electrons. The van der Waals surface area contributed by atoms with Crippen molar-refractivity contribution in [2.75, 3.05) is 6.54 Å². The third-order valence-electron chi connectivity index (χ3n) is 3.66. The molecule has 5 nitrogen and oxygen atoms in total. The smallest absolute Gasteiger partial charge is 0.211 e. The van der Waals surface area contributed by atoms with E-state index < -0.39 is 5.79 Å². The Bertz CT molecular complexity index is 681. The summed E-state index contributed by atoms with van der Waals surface area (Å²) in [5.74, 6) is -1.18. The molecule has 0 saturated carbocycles. The van der Waals surface area contributed by atoms with Crippen molar-refractivity contribution in [2.45, 2.75) is 25.0 Å². The lowest BCUT2D eigenvalue weighted by Crippen LogP contribution is -2.39. The van der Waals surface area contributed by atoms with E-state index in [0.29, 0.717) is 5.75 Å². The minimum Gasteiger partial charge on any atom is -0.463 e. The van der Waals surface area contributed by atoms with Crippen LogP contribution in [0.15, 0.2) is 36.4 Å². The predicted molar refractivity (Wildman–Crippen MR) is 74.4 cm³/mol. The van der Waals surface area contributed by atoms with E-state index in [-0.39, 0.29) is 23.8 Å². The van der Waals surface area contributed by atoms with Gasteiger partial charge in [0.2, 0.25) is 12.3 Å². The van der Waals surface area contributed by atoms with E-state index in [9.17, 15) is 15.2 Å². The minimum absolute atomic E-state index is 0.208. The molecule has 0 spiro atoms. The molecule has 1 N–H and O–H groups in total. The molecule has 0 aromatic heterocycles. The first-order valence-corrected chi connectivity index (χ1v) is 6.51. The lowest BCUT2D eigenvalue weighted by molar-refractivity contribution is -0.485. The van der Waals surface area contributed by atoms with Crippen LogP contribution in [0.25, 0.3) is 10.8 Å². The number of ether oxygens (including phenoxy) is 1. The highest BCUT2D eigenvalue weighted by Gasteiger charge is 2.38. The molecular weight excluding hydrogens is 258 g/mol. The molecule has 0 amide bonds. The number of hydrogen-bond donors (Lipinski definition) is 1. The van der Waals surface area contributed by atoms with Crippen molar-refractivity contribution in [3.63, 3.8) is 0 Å². The van der Waals surface area contributed by atoms with Gasteiger partial charge >= 0.3 is 0 Å². The van der Waals surface area contributed by atoms with Crippen molar-refractivity contribution < 1.29 is 14.8 Å². The zero-order chi connectivity index (χ0) is 14.3. The molecule has 5 heteroatoms. The van der Waals surface area contributed by atoms with E-state index >= 15 is 0 Å². The first-order valence-electron chi connectivity index (χ1n) is 6.51. The minimum atomic E-state index is -1.36. The van der Waals surface area contributed by atoms with Gasteiger partial charge in [-0.1, -0.05) is 30.3 Å². The van der Waals surface area contributed by atoms with Crippen molar-refractivity contribution >= 4 is 10.8 Å². The number of benzene rings is 2. The molecule has 2 aromatic carbocycles. The number of nitro groups is 1. The van der Waals surface area contributed by atoms with Gasteiger partial charge in [0.15, 0.2) is 0 Å².